The Morgan fingerprint density at radius 2 is 1.97 bits per heavy atom. The largest absolute Gasteiger partial charge is 0.391 e. The monoisotopic (exact) mass is 539 g/mol. The van der Waals surface area contributed by atoms with E-state index in [0.717, 1.165) is 22.5 Å². The summed E-state index contributed by atoms with van der Waals surface area (Å²) in [6.07, 6.45) is 6.75. The summed E-state index contributed by atoms with van der Waals surface area (Å²) in [6.45, 7) is 2.21. The number of hydrogen-bond acceptors (Lipinski definition) is 7. The zero-order chi connectivity index (χ0) is 26.5. The summed E-state index contributed by atoms with van der Waals surface area (Å²) in [5.41, 5.74) is 3.31. The number of sulfonamides is 1. The highest BCUT2D eigenvalue weighted by molar-refractivity contribution is 7.89. The quantitative estimate of drug-likeness (QED) is 0.514. The number of ether oxygens (including phenoxy) is 1. The van der Waals surface area contributed by atoms with Crippen LogP contribution in [-0.4, -0.2) is 78.6 Å². The fourth-order valence-electron chi connectivity index (χ4n) is 5.90. The van der Waals surface area contributed by atoms with Crippen LogP contribution in [-0.2, 0) is 21.2 Å². The van der Waals surface area contributed by atoms with E-state index in [1.807, 2.05) is 4.90 Å². The lowest BCUT2D eigenvalue weighted by Gasteiger charge is -2.45. The Hall–Kier alpha value is -3.12. The van der Waals surface area contributed by atoms with Gasteiger partial charge in [0.15, 0.2) is 0 Å². The van der Waals surface area contributed by atoms with E-state index < -0.39 is 15.4 Å². The molecule has 3 aliphatic rings. The van der Waals surface area contributed by atoms with Crippen molar-refractivity contribution in [3.63, 3.8) is 0 Å². The fourth-order valence-corrected chi connectivity index (χ4v) is 7.38. The van der Waals surface area contributed by atoms with Gasteiger partial charge in [-0.2, -0.15) is 9.40 Å². The predicted molar refractivity (Wildman–Crippen MR) is 140 cm³/mol. The molecule has 0 radical (unpaired) electrons. The maximum absolute atomic E-state index is 13.7. The second-order valence-corrected chi connectivity index (χ2v) is 12.3. The van der Waals surface area contributed by atoms with Crippen LogP contribution in [0.4, 0.5) is 10.2 Å². The molecule has 0 spiro atoms. The van der Waals surface area contributed by atoms with Gasteiger partial charge in [-0.3, -0.25) is 0 Å². The Kier molecular flexibility index (Phi) is 6.34. The molecule has 11 heteroatoms. The predicted octanol–water partition coefficient (Wildman–Crippen LogP) is 2.64. The molecule has 6 rings (SSSR count). The lowest BCUT2D eigenvalue weighted by Crippen LogP contribution is -2.51. The van der Waals surface area contributed by atoms with Crippen molar-refractivity contribution in [3.05, 3.63) is 71.4 Å². The molecule has 2 atom stereocenters. The Morgan fingerprint density at radius 3 is 2.66 bits per heavy atom. The van der Waals surface area contributed by atoms with Gasteiger partial charge in [0.2, 0.25) is 10.0 Å². The number of aromatic nitrogens is 3. The highest BCUT2D eigenvalue weighted by Gasteiger charge is 2.46. The lowest BCUT2D eigenvalue weighted by atomic mass is 9.69. The number of aliphatic hydroxyl groups is 1. The standard InChI is InChI=1S/C27H30FN5O4S/c1-37-18-27-13-19-14-30-33(22-4-2-21(28)3-5-22)25(19)12-20(27)8-11-32(17-27)38(35,36)24-6-7-26(29-15-24)31-10-9-23(34)16-31/h2-7,12,14-15,23,34H,8-11,13,16-18H2,1H3/t23-,27-/m1/s1. The first kappa shape index (κ1) is 25.2. The smallest absolute Gasteiger partial charge is 0.244 e. The van der Waals surface area contributed by atoms with Crippen molar-refractivity contribution in [2.75, 3.05) is 44.8 Å². The number of aliphatic hydroxyl groups excluding tert-OH is 1. The number of nitrogens with zero attached hydrogens (tertiary/aromatic N) is 5. The zero-order valence-corrected chi connectivity index (χ0v) is 21.9. The third-order valence-corrected chi connectivity index (χ3v) is 9.68. The summed E-state index contributed by atoms with van der Waals surface area (Å²) in [4.78, 5) is 6.51. The summed E-state index contributed by atoms with van der Waals surface area (Å²) in [5.74, 6) is 0.360. The number of β-amino-alcohol motifs (C(OH)–C–C–N with tert-alkyl or cyclic N) is 1. The highest BCUT2D eigenvalue weighted by atomic mass is 32.2. The molecule has 1 aromatic carbocycles. The van der Waals surface area contributed by atoms with Crippen LogP contribution in [0.25, 0.3) is 11.8 Å². The summed E-state index contributed by atoms with van der Waals surface area (Å²) >= 11 is 0. The van der Waals surface area contributed by atoms with E-state index in [9.17, 15) is 17.9 Å². The van der Waals surface area contributed by atoms with Gasteiger partial charge in [-0.05, 0) is 67.3 Å². The number of anilines is 1. The summed E-state index contributed by atoms with van der Waals surface area (Å²) in [7, 11) is -2.14. The SMILES string of the molecule is COC[C@]12Cc3cnn(-c4ccc(F)cc4)c3C=C1CCN(S(=O)(=O)c1ccc(N3CC[C@@H](O)C3)nc1)C2. The molecule has 2 aliphatic heterocycles. The first-order valence-electron chi connectivity index (χ1n) is 12.7. The van der Waals surface area contributed by atoms with E-state index in [2.05, 4.69) is 16.2 Å². The molecule has 0 amide bonds. The van der Waals surface area contributed by atoms with E-state index >= 15 is 0 Å². The number of methoxy groups -OCH3 is 1. The normalized spacial score (nSPS) is 23.7. The lowest BCUT2D eigenvalue weighted by molar-refractivity contribution is 0.0733. The van der Waals surface area contributed by atoms with Gasteiger partial charge < -0.3 is 14.7 Å². The number of piperidine rings is 1. The number of fused-ring (bicyclic) bond motifs is 2. The first-order chi connectivity index (χ1) is 18.3. The van der Waals surface area contributed by atoms with Gasteiger partial charge in [0.05, 0.1) is 30.3 Å². The number of benzene rings is 1. The van der Waals surface area contributed by atoms with Crippen molar-refractivity contribution in [1.29, 1.82) is 0 Å². The first-order valence-corrected chi connectivity index (χ1v) is 14.2. The van der Waals surface area contributed by atoms with Crippen LogP contribution in [0, 0.1) is 11.2 Å². The molecule has 0 bridgehead atoms. The minimum absolute atomic E-state index is 0.154. The van der Waals surface area contributed by atoms with Crippen LogP contribution in [0.3, 0.4) is 0 Å². The average Bonchev–Trinajstić information content (AvgIpc) is 3.53. The third-order valence-electron chi connectivity index (χ3n) is 7.85. The molecule has 1 N–H and O–H groups in total. The Labute approximate surface area is 221 Å². The number of pyridine rings is 1. The summed E-state index contributed by atoms with van der Waals surface area (Å²) in [6, 6.07) is 9.52. The Balaban J connectivity index is 1.27. The molecule has 2 saturated heterocycles. The Morgan fingerprint density at radius 1 is 1.16 bits per heavy atom. The van der Waals surface area contributed by atoms with Crippen LogP contribution in [0.5, 0.6) is 0 Å². The molecule has 9 nitrogen and oxygen atoms in total. The van der Waals surface area contributed by atoms with Crippen molar-refractivity contribution in [3.8, 4) is 5.69 Å². The van der Waals surface area contributed by atoms with Crippen molar-refractivity contribution in [1.82, 2.24) is 19.1 Å². The fraction of sp³-hybridized carbons (Fsp3) is 0.407. The van der Waals surface area contributed by atoms with Crippen LogP contribution in [0.15, 0.2) is 59.3 Å². The topological polar surface area (TPSA) is 101 Å². The van der Waals surface area contributed by atoms with E-state index in [4.69, 9.17) is 4.74 Å². The van der Waals surface area contributed by atoms with E-state index in [-0.39, 0.29) is 23.4 Å². The van der Waals surface area contributed by atoms with E-state index in [1.165, 1.54) is 22.6 Å². The van der Waals surface area contributed by atoms with Gasteiger partial charge in [0.25, 0.3) is 0 Å². The van der Waals surface area contributed by atoms with Gasteiger partial charge in [0, 0.05) is 44.9 Å². The van der Waals surface area contributed by atoms with Crippen LogP contribution < -0.4 is 4.90 Å². The van der Waals surface area contributed by atoms with Gasteiger partial charge in [0.1, 0.15) is 16.5 Å². The van der Waals surface area contributed by atoms with Crippen LogP contribution in [0.2, 0.25) is 0 Å². The maximum atomic E-state index is 13.7. The molecule has 2 fully saturated rings. The van der Waals surface area contributed by atoms with Crippen molar-refractivity contribution in [2.45, 2.75) is 30.3 Å². The van der Waals surface area contributed by atoms with Gasteiger partial charge in [-0.25, -0.2) is 22.5 Å². The van der Waals surface area contributed by atoms with E-state index in [1.54, 1.807) is 42.3 Å². The van der Waals surface area contributed by atoms with Gasteiger partial charge in [-0.15, -0.1) is 0 Å². The van der Waals surface area contributed by atoms with Gasteiger partial charge >= 0.3 is 0 Å². The van der Waals surface area contributed by atoms with Crippen LogP contribution in [0.1, 0.15) is 24.1 Å². The molecule has 2 aromatic heterocycles. The Bertz CT molecular complexity index is 1470. The third kappa shape index (κ3) is 4.33. The molecular formula is C27H30FN5O4S. The maximum Gasteiger partial charge on any atom is 0.244 e. The summed E-state index contributed by atoms with van der Waals surface area (Å²) in [5, 5.41) is 14.4. The van der Waals surface area contributed by atoms with Crippen molar-refractivity contribution in [2.24, 2.45) is 5.41 Å². The van der Waals surface area contributed by atoms with Crippen molar-refractivity contribution < 1.29 is 22.7 Å². The molecule has 0 unspecified atom stereocenters. The van der Waals surface area contributed by atoms with E-state index in [0.29, 0.717) is 51.3 Å². The molecular weight excluding hydrogens is 509 g/mol. The second kappa shape index (κ2) is 9.57. The molecule has 0 saturated carbocycles. The minimum atomic E-state index is -3.78. The second-order valence-electron chi connectivity index (χ2n) is 10.3. The zero-order valence-electron chi connectivity index (χ0n) is 21.1. The number of hydrogen-bond donors (Lipinski definition) is 1. The molecule has 4 heterocycles. The average molecular weight is 540 g/mol. The molecule has 200 valence electrons. The van der Waals surface area contributed by atoms with Crippen molar-refractivity contribution >= 4 is 21.9 Å². The van der Waals surface area contributed by atoms with Crippen LogP contribution >= 0.6 is 0 Å². The summed E-state index contributed by atoms with van der Waals surface area (Å²) < 4.78 is 49.8. The molecule has 3 aromatic rings. The number of rotatable bonds is 6. The number of halogens is 1. The van der Waals surface area contributed by atoms with Gasteiger partial charge in [-0.1, -0.05) is 5.57 Å². The molecule has 1 aliphatic carbocycles. The molecule has 38 heavy (non-hydrogen) atoms. The highest BCUT2D eigenvalue weighted by Crippen LogP contribution is 2.45. The minimum Gasteiger partial charge on any atom is -0.391 e.